The van der Waals surface area contributed by atoms with Crippen molar-refractivity contribution in [3.8, 4) is 33.8 Å². The first-order valence-electron chi connectivity index (χ1n) is 11.5. The SMILES string of the molecule is CSc1ccc(CO)cc1F.Cc1nc(-c2ccc(-c3cscn3)cc2)c(-c2ccc(S(C)(=O)=O)c(F)c2)o1. The molecule has 6 nitrogen and oxygen atoms in total. The summed E-state index contributed by atoms with van der Waals surface area (Å²) >= 11 is 2.88. The molecule has 39 heavy (non-hydrogen) atoms. The van der Waals surface area contributed by atoms with E-state index in [-0.39, 0.29) is 17.3 Å². The third kappa shape index (κ3) is 6.80. The Bertz CT molecular complexity index is 1680. The highest BCUT2D eigenvalue weighted by Crippen LogP contribution is 2.35. The summed E-state index contributed by atoms with van der Waals surface area (Å²) < 4.78 is 56.2. The van der Waals surface area contributed by atoms with Gasteiger partial charge in [0.15, 0.2) is 21.5 Å². The molecular formula is C28H24F2N2O4S3. The summed E-state index contributed by atoms with van der Waals surface area (Å²) in [5.41, 5.74) is 6.05. The van der Waals surface area contributed by atoms with Gasteiger partial charge in [0.1, 0.15) is 22.2 Å². The van der Waals surface area contributed by atoms with Crippen LogP contribution >= 0.6 is 23.1 Å². The van der Waals surface area contributed by atoms with Gasteiger partial charge in [-0.2, -0.15) is 0 Å². The number of aliphatic hydroxyl groups is 1. The fourth-order valence-electron chi connectivity index (χ4n) is 3.72. The zero-order chi connectivity index (χ0) is 28.2. The van der Waals surface area contributed by atoms with E-state index in [9.17, 15) is 17.2 Å². The molecule has 0 fully saturated rings. The van der Waals surface area contributed by atoms with Crippen LogP contribution in [0.5, 0.6) is 0 Å². The number of aryl methyl sites for hydroxylation is 1. The molecule has 5 rings (SSSR count). The molecule has 202 valence electrons. The summed E-state index contributed by atoms with van der Waals surface area (Å²) in [4.78, 5) is 8.99. The smallest absolute Gasteiger partial charge is 0.192 e. The molecule has 0 bridgehead atoms. The first-order valence-corrected chi connectivity index (χ1v) is 15.6. The highest BCUT2D eigenvalue weighted by Gasteiger charge is 2.19. The van der Waals surface area contributed by atoms with E-state index in [0.717, 1.165) is 29.1 Å². The lowest BCUT2D eigenvalue weighted by molar-refractivity contribution is 0.281. The summed E-state index contributed by atoms with van der Waals surface area (Å²) in [6.45, 7) is 1.60. The van der Waals surface area contributed by atoms with Gasteiger partial charge in [-0.1, -0.05) is 30.3 Å². The van der Waals surface area contributed by atoms with E-state index >= 15 is 0 Å². The molecule has 1 N–H and O–H groups in total. The average molecular weight is 587 g/mol. The number of nitrogens with zero attached hydrogens (tertiary/aromatic N) is 2. The van der Waals surface area contributed by atoms with E-state index in [1.807, 2.05) is 35.9 Å². The molecule has 2 aromatic heterocycles. The molecule has 0 atom stereocenters. The summed E-state index contributed by atoms with van der Waals surface area (Å²) in [7, 11) is -3.64. The van der Waals surface area contributed by atoms with Crippen LogP contribution in [-0.2, 0) is 16.4 Å². The molecule has 0 unspecified atom stereocenters. The summed E-state index contributed by atoms with van der Waals surface area (Å²) in [5.74, 6) is -0.262. The third-order valence-electron chi connectivity index (χ3n) is 5.61. The molecule has 3 aromatic carbocycles. The minimum atomic E-state index is -3.64. The Morgan fingerprint density at radius 1 is 0.974 bits per heavy atom. The van der Waals surface area contributed by atoms with Crippen LogP contribution in [0.1, 0.15) is 11.5 Å². The van der Waals surface area contributed by atoms with Crippen LogP contribution < -0.4 is 0 Å². The normalized spacial score (nSPS) is 11.2. The fraction of sp³-hybridized carbons (Fsp3) is 0.143. The fourth-order valence-corrected chi connectivity index (χ4v) is 5.47. The first-order chi connectivity index (χ1) is 18.6. The molecule has 0 saturated heterocycles. The monoisotopic (exact) mass is 586 g/mol. The highest BCUT2D eigenvalue weighted by molar-refractivity contribution is 7.98. The maximum atomic E-state index is 14.3. The topological polar surface area (TPSA) is 93.3 Å². The quantitative estimate of drug-likeness (QED) is 0.214. The van der Waals surface area contributed by atoms with Gasteiger partial charge in [0, 0.05) is 40.1 Å². The number of thiazole rings is 1. The maximum Gasteiger partial charge on any atom is 0.192 e. The number of rotatable bonds is 6. The minimum Gasteiger partial charge on any atom is -0.440 e. The van der Waals surface area contributed by atoms with E-state index in [1.54, 1.807) is 24.6 Å². The molecular weight excluding hydrogens is 563 g/mol. The van der Waals surface area contributed by atoms with E-state index in [1.165, 1.54) is 41.3 Å². The lowest BCUT2D eigenvalue weighted by Gasteiger charge is -2.05. The van der Waals surface area contributed by atoms with Gasteiger partial charge in [-0.3, -0.25) is 0 Å². The Balaban J connectivity index is 0.000000270. The summed E-state index contributed by atoms with van der Waals surface area (Å²) in [6.07, 6.45) is 2.79. The Morgan fingerprint density at radius 3 is 2.23 bits per heavy atom. The highest BCUT2D eigenvalue weighted by atomic mass is 32.2. The second-order valence-corrected chi connectivity index (χ2v) is 12.0. The van der Waals surface area contributed by atoms with Gasteiger partial charge < -0.3 is 9.52 Å². The summed E-state index contributed by atoms with van der Waals surface area (Å²) in [6, 6.07) is 16.3. The van der Waals surface area contributed by atoms with Crippen molar-refractivity contribution in [1.29, 1.82) is 0 Å². The second-order valence-electron chi connectivity index (χ2n) is 8.41. The Morgan fingerprint density at radius 2 is 1.67 bits per heavy atom. The number of thioether (sulfide) groups is 1. The number of aliphatic hydroxyl groups excluding tert-OH is 1. The molecule has 0 aliphatic carbocycles. The van der Waals surface area contributed by atoms with Crippen molar-refractivity contribution in [3.05, 3.63) is 94.6 Å². The lowest BCUT2D eigenvalue weighted by Crippen LogP contribution is -2.00. The van der Waals surface area contributed by atoms with Gasteiger partial charge in [0.05, 0.1) is 17.8 Å². The summed E-state index contributed by atoms with van der Waals surface area (Å²) in [5, 5.41) is 10.6. The van der Waals surface area contributed by atoms with Crippen LogP contribution in [0.3, 0.4) is 0 Å². The predicted octanol–water partition coefficient (Wildman–Crippen LogP) is 7.02. The van der Waals surface area contributed by atoms with Gasteiger partial charge in [-0.25, -0.2) is 27.2 Å². The zero-order valence-electron chi connectivity index (χ0n) is 21.2. The van der Waals surface area contributed by atoms with Crippen LogP contribution in [0, 0.1) is 18.6 Å². The molecule has 11 heteroatoms. The van der Waals surface area contributed by atoms with Crippen molar-refractivity contribution in [2.45, 2.75) is 23.3 Å². The molecule has 0 aliphatic rings. The van der Waals surface area contributed by atoms with Crippen molar-refractivity contribution in [1.82, 2.24) is 9.97 Å². The van der Waals surface area contributed by atoms with Crippen molar-refractivity contribution in [3.63, 3.8) is 0 Å². The van der Waals surface area contributed by atoms with Gasteiger partial charge in [-0.15, -0.1) is 23.1 Å². The Labute approximate surface area is 233 Å². The van der Waals surface area contributed by atoms with E-state index < -0.39 is 15.7 Å². The number of aromatic nitrogens is 2. The van der Waals surface area contributed by atoms with E-state index in [2.05, 4.69) is 9.97 Å². The van der Waals surface area contributed by atoms with Crippen LogP contribution in [0.15, 0.2) is 85.8 Å². The van der Waals surface area contributed by atoms with Gasteiger partial charge in [-0.05, 0) is 42.2 Å². The standard InChI is InChI=1S/C20H15FN2O3S2.C8H9FOS/c1-12-23-19(14-5-3-13(4-6-14)17-10-27-11-22-17)20(26-12)15-7-8-18(16(21)9-15)28(2,24)25;1-11-8-3-2-6(5-10)4-7(8)9/h3-11H,1-2H3;2-4,10H,5H2,1H3. The maximum absolute atomic E-state index is 14.3. The van der Waals surface area contributed by atoms with Gasteiger partial charge in [0.25, 0.3) is 0 Å². The molecule has 0 amide bonds. The van der Waals surface area contributed by atoms with Crippen molar-refractivity contribution < 1.29 is 26.7 Å². The minimum absolute atomic E-state index is 0.106. The number of oxazole rings is 1. The number of sulfone groups is 1. The van der Waals surface area contributed by atoms with Gasteiger partial charge in [0.2, 0.25) is 0 Å². The van der Waals surface area contributed by atoms with E-state index in [4.69, 9.17) is 9.52 Å². The number of halogens is 2. The van der Waals surface area contributed by atoms with Crippen molar-refractivity contribution in [2.75, 3.05) is 12.5 Å². The number of hydrogen-bond donors (Lipinski definition) is 1. The zero-order valence-corrected chi connectivity index (χ0v) is 23.6. The molecule has 0 spiro atoms. The van der Waals surface area contributed by atoms with Crippen LogP contribution in [0.4, 0.5) is 8.78 Å². The van der Waals surface area contributed by atoms with Crippen molar-refractivity contribution in [2.24, 2.45) is 0 Å². The predicted molar refractivity (Wildman–Crippen MR) is 150 cm³/mol. The largest absolute Gasteiger partial charge is 0.440 e. The third-order valence-corrected chi connectivity index (χ3v) is 8.10. The second kappa shape index (κ2) is 12.2. The lowest BCUT2D eigenvalue weighted by atomic mass is 10.0. The molecule has 5 aromatic rings. The van der Waals surface area contributed by atoms with Gasteiger partial charge >= 0.3 is 0 Å². The Kier molecular flexibility index (Phi) is 8.96. The average Bonchev–Trinajstić information content (AvgIpc) is 3.58. The molecule has 0 radical (unpaired) electrons. The number of benzene rings is 3. The van der Waals surface area contributed by atoms with Crippen LogP contribution in [0.25, 0.3) is 33.8 Å². The molecule has 0 aliphatic heterocycles. The Hall–Kier alpha value is -3.38. The van der Waals surface area contributed by atoms with Crippen LogP contribution in [0.2, 0.25) is 0 Å². The van der Waals surface area contributed by atoms with E-state index in [0.29, 0.717) is 33.4 Å². The van der Waals surface area contributed by atoms with Crippen LogP contribution in [-0.4, -0.2) is 36.0 Å². The molecule has 2 heterocycles. The molecule has 0 saturated carbocycles. The number of hydrogen-bond acceptors (Lipinski definition) is 8. The first kappa shape index (κ1) is 28.6. The van der Waals surface area contributed by atoms with Crippen molar-refractivity contribution >= 4 is 32.9 Å².